The van der Waals surface area contributed by atoms with Crippen LogP contribution in [0.1, 0.15) is 37.3 Å². The SMILES string of the molecule is CCCOc1ccc([C@@H]2C(C#N)=C(N)Oc3n[nH]c(-c4ccc(OCC)cc4)c32)cc1. The fraction of sp³-hybridized carbons (Fsp3) is 0.250. The highest BCUT2D eigenvalue weighted by Gasteiger charge is 2.35. The molecule has 0 aliphatic carbocycles. The molecule has 0 saturated carbocycles. The highest BCUT2D eigenvalue weighted by Crippen LogP contribution is 2.45. The van der Waals surface area contributed by atoms with Crippen molar-refractivity contribution in [2.75, 3.05) is 13.2 Å². The van der Waals surface area contributed by atoms with Crippen LogP contribution < -0.4 is 19.9 Å². The number of ether oxygens (including phenoxy) is 3. The zero-order valence-corrected chi connectivity index (χ0v) is 17.5. The van der Waals surface area contributed by atoms with Gasteiger partial charge in [0.1, 0.15) is 23.1 Å². The van der Waals surface area contributed by atoms with Crippen LogP contribution in [0.15, 0.2) is 60.0 Å². The van der Waals surface area contributed by atoms with Gasteiger partial charge in [0.2, 0.25) is 11.8 Å². The monoisotopic (exact) mass is 416 g/mol. The van der Waals surface area contributed by atoms with Crippen molar-refractivity contribution in [2.45, 2.75) is 26.2 Å². The summed E-state index contributed by atoms with van der Waals surface area (Å²) in [6, 6.07) is 17.6. The number of hydrogen-bond donors (Lipinski definition) is 2. The van der Waals surface area contributed by atoms with E-state index < -0.39 is 5.92 Å². The fourth-order valence-electron chi connectivity index (χ4n) is 3.66. The predicted octanol–water partition coefficient (Wildman–Crippen LogP) is 4.48. The summed E-state index contributed by atoms with van der Waals surface area (Å²) in [5.74, 6) is 1.60. The predicted molar refractivity (Wildman–Crippen MR) is 117 cm³/mol. The van der Waals surface area contributed by atoms with Crippen LogP contribution in [0.2, 0.25) is 0 Å². The molecule has 0 saturated heterocycles. The first-order chi connectivity index (χ1) is 15.2. The number of allylic oxidation sites excluding steroid dienone is 1. The maximum absolute atomic E-state index is 9.84. The lowest BCUT2D eigenvalue weighted by Crippen LogP contribution is -2.21. The van der Waals surface area contributed by atoms with Crippen molar-refractivity contribution >= 4 is 0 Å². The molecule has 2 heterocycles. The van der Waals surface area contributed by atoms with Gasteiger partial charge in [-0.3, -0.25) is 5.10 Å². The van der Waals surface area contributed by atoms with Crippen molar-refractivity contribution in [1.29, 1.82) is 5.26 Å². The van der Waals surface area contributed by atoms with Gasteiger partial charge in [0.05, 0.1) is 30.4 Å². The van der Waals surface area contributed by atoms with E-state index >= 15 is 0 Å². The number of fused-ring (bicyclic) bond motifs is 1. The van der Waals surface area contributed by atoms with Gasteiger partial charge in [-0.05, 0) is 55.3 Å². The van der Waals surface area contributed by atoms with Crippen LogP contribution in [-0.2, 0) is 0 Å². The zero-order chi connectivity index (χ0) is 21.8. The van der Waals surface area contributed by atoms with Crippen LogP contribution in [0.25, 0.3) is 11.3 Å². The summed E-state index contributed by atoms with van der Waals surface area (Å²) < 4.78 is 16.9. The lowest BCUT2D eigenvalue weighted by Gasteiger charge is -2.24. The molecule has 0 amide bonds. The van der Waals surface area contributed by atoms with Gasteiger partial charge in [-0.25, -0.2) is 0 Å². The van der Waals surface area contributed by atoms with Crippen molar-refractivity contribution < 1.29 is 14.2 Å². The molecule has 1 aliphatic heterocycles. The van der Waals surface area contributed by atoms with Gasteiger partial charge >= 0.3 is 0 Å². The van der Waals surface area contributed by atoms with E-state index in [0.717, 1.165) is 40.3 Å². The zero-order valence-electron chi connectivity index (χ0n) is 17.5. The first kappa shape index (κ1) is 20.4. The first-order valence-electron chi connectivity index (χ1n) is 10.3. The average Bonchev–Trinajstić information content (AvgIpc) is 3.21. The summed E-state index contributed by atoms with van der Waals surface area (Å²) in [5, 5.41) is 17.2. The van der Waals surface area contributed by atoms with Crippen molar-refractivity contribution in [2.24, 2.45) is 5.73 Å². The Morgan fingerprint density at radius 2 is 1.74 bits per heavy atom. The summed E-state index contributed by atoms with van der Waals surface area (Å²) in [6.07, 6.45) is 0.934. The minimum Gasteiger partial charge on any atom is -0.494 e. The Labute approximate surface area is 181 Å². The Morgan fingerprint density at radius 3 is 2.39 bits per heavy atom. The summed E-state index contributed by atoms with van der Waals surface area (Å²) in [6.45, 7) is 5.26. The van der Waals surface area contributed by atoms with E-state index in [4.69, 9.17) is 19.9 Å². The number of aromatic nitrogens is 2. The number of nitrogens with zero attached hydrogens (tertiary/aromatic N) is 2. The Bertz CT molecular complexity index is 1130. The molecule has 7 nitrogen and oxygen atoms in total. The third-order valence-electron chi connectivity index (χ3n) is 5.08. The smallest absolute Gasteiger partial charge is 0.244 e. The van der Waals surface area contributed by atoms with E-state index in [-0.39, 0.29) is 5.88 Å². The number of nitrogens with one attached hydrogen (secondary N) is 1. The van der Waals surface area contributed by atoms with Crippen molar-refractivity contribution in [1.82, 2.24) is 10.2 Å². The van der Waals surface area contributed by atoms with Gasteiger partial charge in [0.15, 0.2) is 0 Å². The second kappa shape index (κ2) is 8.84. The largest absolute Gasteiger partial charge is 0.494 e. The molecule has 158 valence electrons. The first-order valence-corrected chi connectivity index (χ1v) is 10.3. The summed E-state index contributed by atoms with van der Waals surface area (Å²) >= 11 is 0. The molecule has 3 aromatic rings. The lowest BCUT2D eigenvalue weighted by atomic mass is 9.83. The molecule has 0 radical (unpaired) electrons. The Morgan fingerprint density at radius 1 is 1.06 bits per heavy atom. The minimum atomic E-state index is -0.408. The summed E-state index contributed by atoms with van der Waals surface area (Å²) in [4.78, 5) is 0. The standard InChI is InChI=1S/C24H24N4O3/c1-3-13-30-18-9-5-15(6-10-18)20-19(14-25)23(26)31-24-21(20)22(27-28-24)16-7-11-17(12-8-16)29-4-2/h5-12,20H,3-4,13,26H2,1-2H3,(H,27,28)/t20-/m1/s1. The molecule has 3 N–H and O–H groups in total. The molecule has 1 aliphatic rings. The molecule has 0 unspecified atom stereocenters. The van der Waals surface area contributed by atoms with Crippen molar-refractivity contribution in [3.05, 3.63) is 71.1 Å². The number of rotatable bonds is 7. The number of nitriles is 1. The molecule has 7 heteroatoms. The van der Waals surface area contributed by atoms with E-state index in [2.05, 4.69) is 23.2 Å². The van der Waals surface area contributed by atoms with Crippen LogP contribution in [0, 0.1) is 11.3 Å². The molecular weight excluding hydrogens is 392 g/mol. The maximum Gasteiger partial charge on any atom is 0.244 e. The Balaban J connectivity index is 1.77. The van der Waals surface area contributed by atoms with Crippen molar-refractivity contribution in [3.8, 4) is 34.7 Å². The molecule has 2 aromatic carbocycles. The number of H-pyrrole nitrogens is 1. The Kier molecular flexibility index (Phi) is 5.80. The van der Waals surface area contributed by atoms with Gasteiger partial charge < -0.3 is 19.9 Å². The molecule has 0 spiro atoms. The normalized spacial score (nSPS) is 15.1. The number of hydrogen-bond acceptors (Lipinski definition) is 6. The third kappa shape index (κ3) is 3.92. The molecule has 4 rings (SSSR count). The van der Waals surface area contributed by atoms with E-state index in [9.17, 15) is 5.26 Å². The van der Waals surface area contributed by atoms with E-state index in [1.165, 1.54) is 0 Å². The topological polar surface area (TPSA) is 106 Å². The van der Waals surface area contributed by atoms with Crippen LogP contribution >= 0.6 is 0 Å². The number of benzene rings is 2. The number of nitrogens with two attached hydrogens (primary N) is 1. The Hall–Kier alpha value is -3.92. The van der Waals surface area contributed by atoms with Crippen LogP contribution in [-0.4, -0.2) is 23.4 Å². The van der Waals surface area contributed by atoms with Gasteiger partial charge in [-0.2, -0.15) is 5.26 Å². The van der Waals surface area contributed by atoms with Gasteiger partial charge in [-0.1, -0.05) is 19.1 Å². The minimum absolute atomic E-state index is 0.0658. The molecule has 0 bridgehead atoms. The van der Waals surface area contributed by atoms with Gasteiger partial charge in [0, 0.05) is 5.56 Å². The summed E-state index contributed by atoms with van der Waals surface area (Å²) in [5.41, 5.74) is 9.78. The molecule has 1 atom stereocenters. The van der Waals surface area contributed by atoms with E-state index in [1.807, 2.05) is 55.5 Å². The second-order valence-corrected chi connectivity index (χ2v) is 7.12. The van der Waals surface area contributed by atoms with Crippen LogP contribution in [0.5, 0.6) is 17.4 Å². The molecule has 1 aromatic heterocycles. The van der Waals surface area contributed by atoms with Gasteiger partial charge in [0.25, 0.3) is 0 Å². The molecule has 0 fully saturated rings. The molecular formula is C24H24N4O3. The highest BCUT2D eigenvalue weighted by molar-refractivity contribution is 5.71. The molecule has 31 heavy (non-hydrogen) atoms. The van der Waals surface area contributed by atoms with Crippen LogP contribution in [0.4, 0.5) is 0 Å². The van der Waals surface area contributed by atoms with Crippen molar-refractivity contribution in [3.63, 3.8) is 0 Å². The third-order valence-corrected chi connectivity index (χ3v) is 5.08. The summed E-state index contributed by atoms with van der Waals surface area (Å²) in [7, 11) is 0. The lowest BCUT2D eigenvalue weighted by molar-refractivity contribution is 0.317. The second-order valence-electron chi connectivity index (χ2n) is 7.12. The van der Waals surface area contributed by atoms with E-state index in [0.29, 0.717) is 24.7 Å². The van der Waals surface area contributed by atoms with Crippen LogP contribution in [0.3, 0.4) is 0 Å². The highest BCUT2D eigenvalue weighted by atomic mass is 16.5. The maximum atomic E-state index is 9.84. The quantitative estimate of drug-likeness (QED) is 0.588. The number of aromatic amines is 1. The van der Waals surface area contributed by atoms with E-state index in [1.54, 1.807) is 0 Å². The van der Waals surface area contributed by atoms with Gasteiger partial charge in [-0.15, -0.1) is 5.10 Å². The average molecular weight is 416 g/mol. The fourth-order valence-corrected chi connectivity index (χ4v) is 3.66.